The van der Waals surface area contributed by atoms with E-state index in [0.717, 1.165) is 39.6 Å². The molecule has 0 aliphatic heterocycles. The highest BCUT2D eigenvalue weighted by Gasteiger charge is 2.14. The van der Waals surface area contributed by atoms with Crippen molar-refractivity contribution in [3.8, 4) is 22.4 Å². The first-order valence-corrected chi connectivity index (χ1v) is 7.95. The SMILES string of the molecule is O=Cc1cc2cc(-c3cn(CCO)nc3-c3ccncc3)ccc2[nH]1. The van der Waals surface area contributed by atoms with Crippen LogP contribution in [0, 0.1) is 0 Å². The number of hydrogen-bond acceptors (Lipinski definition) is 4. The average molecular weight is 332 g/mol. The third kappa shape index (κ3) is 2.83. The number of nitrogens with one attached hydrogen (secondary N) is 1. The molecule has 2 N–H and O–H groups in total. The van der Waals surface area contributed by atoms with Crippen molar-refractivity contribution in [2.75, 3.05) is 6.61 Å². The molecule has 4 aromatic rings. The molecule has 0 atom stereocenters. The van der Waals surface area contributed by atoms with Gasteiger partial charge in [0, 0.05) is 40.6 Å². The second-order valence-electron chi connectivity index (χ2n) is 5.76. The van der Waals surface area contributed by atoms with E-state index in [1.807, 2.05) is 42.6 Å². The fourth-order valence-corrected chi connectivity index (χ4v) is 2.96. The second-order valence-corrected chi connectivity index (χ2v) is 5.76. The average Bonchev–Trinajstić information content (AvgIpc) is 3.25. The van der Waals surface area contributed by atoms with Crippen LogP contribution in [0.2, 0.25) is 0 Å². The van der Waals surface area contributed by atoms with Crippen LogP contribution in [0.4, 0.5) is 0 Å². The smallest absolute Gasteiger partial charge is 0.166 e. The Labute approximate surface area is 143 Å². The van der Waals surface area contributed by atoms with Crippen molar-refractivity contribution in [1.82, 2.24) is 19.7 Å². The summed E-state index contributed by atoms with van der Waals surface area (Å²) < 4.78 is 1.74. The number of aliphatic hydroxyl groups is 1. The van der Waals surface area contributed by atoms with E-state index in [-0.39, 0.29) is 6.61 Å². The molecule has 3 aromatic heterocycles. The van der Waals surface area contributed by atoms with Crippen LogP contribution in [0.1, 0.15) is 10.5 Å². The number of pyridine rings is 1. The molecule has 6 heteroatoms. The number of aromatic amines is 1. The largest absolute Gasteiger partial charge is 0.394 e. The lowest BCUT2D eigenvalue weighted by molar-refractivity contribution is 0.112. The number of aliphatic hydroxyl groups excluding tert-OH is 1. The molecule has 124 valence electrons. The highest BCUT2D eigenvalue weighted by atomic mass is 16.3. The van der Waals surface area contributed by atoms with Crippen molar-refractivity contribution < 1.29 is 9.90 Å². The predicted octanol–water partition coefficient (Wildman–Crippen LogP) is 2.90. The maximum Gasteiger partial charge on any atom is 0.166 e. The Morgan fingerprint density at radius 3 is 2.72 bits per heavy atom. The van der Waals surface area contributed by atoms with Crippen LogP contribution in [-0.4, -0.2) is 37.7 Å². The Hall–Kier alpha value is -3.25. The number of H-pyrrole nitrogens is 1. The van der Waals surface area contributed by atoms with Gasteiger partial charge >= 0.3 is 0 Å². The monoisotopic (exact) mass is 332 g/mol. The van der Waals surface area contributed by atoms with Gasteiger partial charge in [-0.3, -0.25) is 14.5 Å². The van der Waals surface area contributed by atoms with Gasteiger partial charge in [-0.15, -0.1) is 0 Å². The van der Waals surface area contributed by atoms with E-state index >= 15 is 0 Å². The fraction of sp³-hybridized carbons (Fsp3) is 0.105. The fourth-order valence-electron chi connectivity index (χ4n) is 2.96. The zero-order valence-electron chi connectivity index (χ0n) is 13.4. The number of carbonyl (C=O) groups is 1. The molecule has 0 saturated carbocycles. The molecule has 3 heterocycles. The topological polar surface area (TPSA) is 83.8 Å². The highest BCUT2D eigenvalue weighted by Crippen LogP contribution is 2.32. The van der Waals surface area contributed by atoms with Gasteiger partial charge < -0.3 is 10.1 Å². The van der Waals surface area contributed by atoms with Gasteiger partial charge in [0.25, 0.3) is 0 Å². The van der Waals surface area contributed by atoms with Crippen molar-refractivity contribution in [1.29, 1.82) is 0 Å². The van der Waals surface area contributed by atoms with Crippen molar-refractivity contribution in [2.45, 2.75) is 6.54 Å². The zero-order valence-corrected chi connectivity index (χ0v) is 13.4. The van der Waals surface area contributed by atoms with Crippen LogP contribution >= 0.6 is 0 Å². The molecular formula is C19H16N4O2. The van der Waals surface area contributed by atoms with Gasteiger partial charge in [0.1, 0.15) is 5.69 Å². The maximum atomic E-state index is 11.0. The summed E-state index contributed by atoms with van der Waals surface area (Å²) in [6, 6.07) is 11.6. The molecule has 0 unspecified atom stereocenters. The molecule has 0 fully saturated rings. The Kier molecular flexibility index (Phi) is 3.87. The number of nitrogens with zero attached hydrogens (tertiary/aromatic N) is 3. The van der Waals surface area contributed by atoms with Gasteiger partial charge in [-0.1, -0.05) is 6.07 Å². The number of fused-ring (bicyclic) bond motifs is 1. The van der Waals surface area contributed by atoms with Crippen LogP contribution in [0.3, 0.4) is 0 Å². The minimum Gasteiger partial charge on any atom is -0.394 e. The number of rotatable bonds is 5. The number of carbonyl (C=O) groups excluding carboxylic acids is 1. The Bertz CT molecular complexity index is 1030. The lowest BCUT2D eigenvalue weighted by atomic mass is 10.0. The maximum absolute atomic E-state index is 11.0. The highest BCUT2D eigenvalue weighted by molar-refractivity contribution is 5.92. The molecular weight excluding hydrogens is 316 g/mol. The van der Waals surface area contributed by atoms with Crippen LogP contribution in [-0.2, 0) is 6.54 Å². The molecule has 25 heavy (non-hydrogen) atoms. The molecule has 6 nitrogen and oxygen atoms in total. The predicted molar refractivity (Wildman–Crippen MR) is 95.2 cm³/mol. The summed E-state index contributed by atoms with van der Waals surface area (Å²) in [6.45, 7) is 0.455. The second kappa shape index (κ2) is 6.33. The van der Waals surface area contributed by atoms with Gasteiger partial charge in [-0.2, -0.15) is 5.10 Å². The standard InChI is InChI=1S/C19H16N4O2/c24-8-7-23-11-17(19(22-23)13-3-5-20-6-4-13)14-1-2-18-15(9-14)10-16(12-25)21-18/h1-6,9-12,21,24H,7-8H2. The van der Waals surface area contributed by atoms with Crippen molar-refractivity contribution in [3.63, 3.8) is 0 Å². The first kappa shape index (κ1) is 15.3. The van der Waals surface area contributed by atoms with E-state index in [0.29, 0.717) is 12.2 Å². The molecule has 4 rings (SSSR count). The molecule has 0 bridgehead atoms. The van der Waals surface area contributed by atoms with Crippen LogP contribution in [0.25, 0.3) is 33.3 Å². The summed E-state index contributed by atoms with van der Waals surface area (Å²) in [6.07, 6.45) is 6.20. The van der Waals surface area contributed by atoms with Crippen molar-refractivity contribution >= 4 is 17.2 Å². The molecule has 0 saturated heterocycles. The lowest BCUT2D eigenvalue weighted by Crippen LogP contribution is -2.02. The van der Waals surface area contributed by atoms with E-state index in [2.05, 4.69) is 15.1 Å². The van der Waals surface area contributed by atoms with Gasteiger partial charge in [-0.05, 0) is 35.9 Å². The summed E-state index contributed by atoms with van der Waals surface area (Å²) in [7, 11) is 0. The lowest BCUT2D eigenvalue weighted by Gasteiger charge is -2.03. The van der Waals surface area contributed by atoms with Crippen molar-refractivity contribution in [3.05, 3.63) is 60.7 Å². The van der Waals surface area contributed by atoms with E-state index in [9.17, 15) is 9.90 Å². The van der Waals surface area contributed by atoms with E-state index in [4.69, 9.17) is 0 Å². The summed E-state index contributed by atoms with van der Waals surface area (Å²) in [5.74, 6) is 0. The molecule has 0 radical (unpaired) electrons. The summed E-state index contributed by atoms with van der Waals surface area (Å²) in [5, 5.41) is 14.8. The Balaban J connectivity index is 1.87. The first-order chi connectivity index (χ1) is 12.3. The minimum absolute atomic E-state index is 0.0243. The van der Waals surface area contributed by atoms with Gasteiger partial charge in [0.2, 0.25) is 0 Å². The van der Waals surface area contributed by atoms with Crippen LogP contribution in [0.15, 0.2) is 55.0 Å². The third-order valence-corrected chi connectivity index (χ3v) is 4.12. The molecule has 0 aliphatic carbocycles. The van der Waals surface area contributed by atoms with Crippen molar-refractivity contribution in [2.24, 2.45) is 0 Å². The first-order valence-electron chi connectivity index (χ1n) is 7.95. The summed E-state index contributed by atoms with van der Waals surface area (Å²) in [4.78, 5) is 18.1. The van der Waals surface area contributed by atoms with Gasteiger partial charge in [-0.25, -0.2) is 0 Å². The quantitative estimate of drug-likeness (QED) is 0.550. The van der Waals surface area contributed by atoms with Crippen LogP contribution < -0.4 is 0 Å². The molecule has 1 aromatic carbocycles. The minimum atomic E-state index is 0.0243. The zero-order chi connectivity index (χ0) is 17.2. The number of hydrogen-bond donors (Lipinski definition) is 2. The number of aldehydes is 1. The van der Waals surface area contributed by atoms with E-state index in [1.165, 1.54) is 0 Å². The summed E-state index contributed by atoms with van der Waals surface area (Å²) >= 11 is 0. The van der Waals surface area contributed by atoms with Gasteiger partial charge in [0.05, 0.1) is 18.8 Å². The molecule has 0 amide bonds. The number of aromatic nitrogens is 4. The van der Waals surface area contributed by atoms with E-state index < -0.39 is 0 Å². The number of benzene rings is 1. The normalized spacial score (nSPS) is 11.1. The molecule has 0 aliphatic rings. The third-order valence-electron chi connectivity index (χ3n) is 4.12. The van der Waals surface area contributed by atoms with E-state index in [1.54, 1.807) is 17.1 Å². The Morgan fingerprint density at radius 2 is 1.96 bits per heavy atom. The van der Waals surface area contributed by atoms with Crippen LogP contribution in [0.5, 0.6) is 0 Å². The summed E-state index contributed by atoms with van der Waals surface area (Å²) in [5.41, 5.74) is 5.23. The molecule has 0 spiro atoms. The van der Waals surface area contributed by atoms with Gasteiger partial charge in [0.15, 0.2) is 6.29 Å². The Morgan fingerprint density at radius 1 is 1.12 bits per heavy atom.